The van der Waals surface area contributed by atoms with Gasteiger partial charge in [0.1, 0.15) is 6.61 Å². The molecule has 0 aliphatic carbocycles. The molecule has 0 bridgehead atoms. The maximum atomic E-state index is 12.2. The third kappa shape index (κ3) is 3.97. The molecule has 4 nitrogen and oxygen atoms in total. The van der Waals surface area contributed by atoms with Gasteiger partial charge in [0.05, 0.1) is 5.92 Å². The molecule has 1 aliphatic rings. The number of benzene rings is 2. The first kappa shape index (κ1) is 17.0. The molecule has 0 unspecified atom stereocenters. The van der Waals surface area contributed by atoms with Crippen molar-refractivity contribution in [2.45, 2.75) is 13.0 Å². The summed E-state index contributed by atoms with van der Waals surface area (Å²) >= 11 is 9.19. The Morgan fingerprint density at radius 3 is 2.50 bits per heavy atom. The largest absolute Gasteiger partial charge is 0.461 e. The van der Waals surface area contributed by atoms with Crippen molar-refractivity contribution in [2.24, 2.45) is 5.92 Å². The lowest BCUT2D eigenvalue weighted by molar-refractivity contribution is -0.149. The molecule has 3 rings (SSSR count). The van der Waals surface area contributed by atoms with E-state index >= 15 is 0 Å². The van der Waals surface area contributed by atoms with Crippen LogP contribution >= 0.6 is 27.5 Å². The van der Waals surface area contributed by atoms with Gasteiger partial charge in [-0.25, -0.2) is 0 Å². The molecule has 1 saturated heterocycles. The van der Waals surface area contributed by atoms with Crippen molar-refractivity contribution in [1.82, 2.24) is 0 Å². The Balaban J connectivity index is 1.59. The number of ether oxygens (including phenoxy) is 1. The molecule has 1 heterocycles. The fraction of sp³-hybridized carbons (Fsp3) is 0.222. The van der Waals surface area contributed by atoms with Gasteiger partial charge in [-0.05, 0) is 42.0 Å². The van der Waals surface area contributed by atoms with Gasteiger partial charge < -0.3 is 9.64 Å². The number of hydrogen-bond acceptors (Lipinski definition) is 3. The van der Waals surface area contributed by atoms with Crippen LogP contribution in [-0.4, -0.2) is 18.4 Å². The Morgan fingerprint density at radius 2 is 1.83 bits per heavy atom. The molecule has 124 valence electrons. The molecule has 1 amide bonds. The van der Waals surface area contributed by atoms with Crippen LogP contribution in [0.2, 0.25) is 5.02 Å². The highest BCUT2D eigenvalue weighted by Crippen LogP contribution is 2.27. The highest BCUT2D eigenvalue weighted by atomic mass is 79.9. The fourth-order valence-corrected chi connectivity index (χ4v) is 2.98. The van der Waals surface area contributed by atoms with Crippen LogP contribution < -0.4 is 4.90 Å². The second-order valence-corrected chi connectivity index (χ2v) is 6.97. The van der Waals surface area contributed by atoms with Gasteiger partial charge in [-0.3, -0.25) is 9.59 Å². The minimum absolute atomic E-state index is 0.0641. The van der Waals surface area contributed by atoms with Gasteiger partial charge in [-0.2, -0.15) is 0 Å². The predicted molar refractivity (Wildman–Crippen MR) is 95.9 cm³/mol. The van der Waals surface area contributed by atoms with E-state index in [0.717, 1.165) is 15.7 Å². The summed E-state index contributed by atoms with van der Waals surface area (Å²) in [5, 5.41) is 0.636. The second-order valence-electron chi connectivity index (χ2n) is 5.62. The molecule has 2 aromatic carbocycles. The van der Waals surface area contributed by atoms with Crippen molar-refractivity contribution in [1.29, 1.82) is 0 Å². The summed E-state index contributed by atoms with van der Waals surface area (Å²) in [7, 11) is 0. The van der Waals surface area contributed by atoms with Crippen molar-refractivity contribution in [3.63, 3.8) is 0 Å². The van der Waals surface area contributed by atoms with E-state index in [0.29, 0.717) is 11.6 Å². The Bertz CT molecular complexity index is 746. The number of rotatable bonds is 4. The lowest BCUT2D eigenvalue weighted by atomic mass is 10.1. The molecule has 6 heteroatoms. The number of amides is 1. The Hall–Kier alpha value is -1.85. The molecule has 24 heavy (non-hydrogen) atoms. The van der Waals surface area contributed by atoms with Crippen LogP contribution in [0.5, 0.6) is 0 Å². The van der Waals surface area contributed by atoms with Gasteiger partial charge in [0, 0.05) is 28.1 Å². The summed E-state index contributed by atoms with van der Waals surface area (Å²) in [6.07, 6.45) is 0.176. The van der Waals surface area contributed by atoms with Crippen molar-refractivity contribution >= 4 is 45.1 Å². The van der Waals surface area contributed by atoms with E-state index in [1.165, 1.54) is 0 Å². The zero-order valence-corrected chi connectivity index (χ0v) is 15.1. The van der Waals surface area contributed by atoms with Gasteiger partial charge in [0.25, 0.3) is 0 Å². The Labute approximate surface area is 153 Å². The predicted octanol–water partition coefficient (Wildman–Crippen LogP) is 4.20. The first-order chi connectivity index (χ1) is 11.5. The molecule has 1 aliphatic heterocycles. The van der Waals surface area contributed by atoms with E-state index in [1.54, 1.807) is 17.0 Å². The van der Waals surface area contributed by atoms with Crippen molar-refractivity contribution in [3.05, 3.63) is 63.6 Å². The number of nitrogens with zero attached hydrogens (tertiary/aromatic N) is 1. The summed E-state index contributed by atoms with van der Waals surface area (Å²) in [5.74, 6) is -0.850. The minimum atomic E-state index is -0.437. The molecular formula is C18H15BrClNO3. The zero-order valence-electron chi connectivity index (χ0n) is 12.7. The number of carbonyl (C=O) groups excluding carboxylic acids is 2. The zero-order chi connectivity index (χ0) is 17.1. The number of carbonyl (C=O) groups is 2. The van der Waals surface area contributed by atoms with Crippen LogP contribution in [0.15, 0.2) is 53.0 Å². The van der Waals surface area contributed by atoms with E-state index in [2.05, 4.69) is 15.9 Å². The summed E-state index contributed by atoms with van der Waals surface area (Å²) < 4.78 is 6.28. The molecule has 0 saturated carbocycles. The highest BCUT2D eigenvalue weighted by Gasteiger charge is 2.36. The number of hydrogen-bond donors (Lipinski definition) is 0. The molecule has 0 spiro atoms. The molecule has 1 fully saturated rings. The number of halogens is 2. The highest BCUT2D eigenvalue weighted by molar-refractivity contribution is 9.10. The molecule has 0 radical (unpaired) electrons. The second kappa shape index (κ2) is 7.36. The molecule has 0 N–H and O–H groups in total. The monoisotopic (exact) mass is 407 g/mol. The summed E-state index contributed by atoms with van der Waals surface area (Å²) in [4.78, 5) is 26.0. The number of esters is 1. The van der Waals surface area contributed by atoms with E-state index in [4.69, 9.17) is 16.3 Å². The van der Waals surface area contributed by atoms with E-state index in [1.807, 2.05) is 36.4 Å². The third-order valence-electron chi connectivity index (χ3n) is 3.89. The van der Waals surface area contributed by atoms with Crippen LogP contribution in [0.4, 0.5) is 5.69 Å². The fourth-order valence-electron chi connectivity index (χ4n) is 2.59. The summed E-state index contributed by atoms with van der Waals surface area (Å²) in [6, 6.07) is 14.6. The van der Waals surface area contributed by atoms with Gasteiger partial charge in [-0.1, -0.05) is 39.7 Å². The van der Waals surface area contributed by atoms with Crippen LogP contribution in [0.3, 0.4) is 0 Å². The summed E-state index contributed by atoms with van der Waals surface area (Å²) in [6.45, 7) is 0.527. The summed E-state index contributed by atoms with van der Waals surface area (Å²) in [5.41, 5.74) is 1.65. The quantitative estimate of drug-likeness (QED) is 0.712. The third-order valence-corrected chi connectivity index (χ3v) is 4.67. The molecule has 2 aromatic rings. The van der Waals surface area contributed by atoms with Gasteiger partial charge >= 0.3 is 5.97 Å². The van der Waals surface area contributed by atoms with Crippen molar-refractivity contribution in [3.8, 4) is 0 Å². The minimum Gasteiger partial charge on any atom is -0.461 e. The standard InChI is InChI=1S/C18H15BrClNO3/c19-14-3-7-16(8-4-14)21-10-13(9-17(21)22)18(23)24-11-12-1-5-15(20)6-2-12/h1-8,13H,9-11H2/t13-/m1/s1. The number of anilines is 1. The maximum Gasteiger partial charge on any atom is 0.311 e. The van der Waals surface area contributed by atoms with Gasteiger partial charge in [-0.15, -0.1) is 0 Å². The van der Waals surface area contributed by atoms with Crippen LogP contribution in [-0.2, 0) is 20.9 Å². The maximum absolute atomic E-state index is 12.2. The van der Waals surface area contributed by atoms with Crippen molar-refractivity contribution in [2.75, 3.05) is 11.4 Å². The first-order valence-electron chi connectivity index (χ1n) is 7.50. The van der Waals surface area contributed by atoms with Crippen LogP contribution in [0, 0.1) is 5.92 Å². The lowest BCUT2D eigenvalue weighted by Gasteiger charge is -2.16. The SMILES string of the molecule is O=C(OCc1ccc(Cl)cc1)[C@@H]1CC(=O)N(c2ccc(Br)cc2)C1. The van der Waals surface area contributed by atoms with E-state index in [-0.39, 0.29) is 24.9 Å². The van der Waals surface area contributed by atoms with Gasteiger partial charge in [0.15, 0.2) is 0 Å². The van der Waals surface area contributed by atoms with Crippen LogP contribution in [0.1, 0.15) is 12.0 Å². The van der Waals surface area contributed by atoms with E-state index in [9.17, 15) is 9.59 Å². The average molecular weight is 409 g/mol. The average Bonchev–Trinajstić information content (AvgIpc) is 2.97. The van der Waals surface area contributed by atoms with Crippen molar-refractivity contribution < 1.29 is 14.3 Å². The lowest BCUT2D eigenvalue weighted by Crippen LogP contribution is -2.26. The molecule has 0 aromatic heterocycles. The molecular weight excluding hydrogens is 394 g/mol. The van der Waals surface area contributed by atoms with Gasteiger partial charge in [0.2, 0.25) is 5.91 Å². The van der Waals surface area contributed by atoms with E-state index < -0.39 is 5.92 Å². The Kier molecular flexibility index (Phi) is 5.21. The first-order valence-corrected chi connectivity index (χ1v) is 8.67. The topological polar surface area (TPSA) is 46.6 Å². The smallest absolute Gasteiger partial charge is 0.311 e. The molecule has 1 atom stereocenters. The normalized spacial score (nSPS) is 17.2. The van der Waals surface area contributed by atoms with Crippen LogP contribution in [0.25, 0.3) is 0 Å². The Morgan fingerprint density at radius 1 is 1.17 bits per heavy atom.